The summed E-state index contributed by atoms with van der Waals surface area (Å²) < 4.78 is 6.61. The molecular weight excluding hydrogens is 466 g/mol. The number of hydrogen-bond acceptors (Lipinski definition) is 4. The number of H-pyrrole nitrogens is 1. The predicted molar refractivity (Wildman–Crippen MR) is 145 cm³/mol. The molecule has 1 amide bonds. The highest BCUT2D eigenvalue weighted by molar-refractivity contribution is 6.05. The number of ether oxygens (including phenoxy) is 1. The summed E-state index contributed by atoms with van der Waals surface area (Å²) in [5.74, 6) is -0.0505. The van der Waals surface area contributed by atoms with Crippen molar-refractivity contribution in [1.29, 1.82) is 0 Å². The Morgan fingerprint density at radius 1 is 0.946 bits per heavy atom. The Morgan fingerprint density at radius 3 is 2.30 bits per heavy atom. The summed E-state index contributed by atoms with van der Waals surface area (Å²) in [6.45, 7) is 6.03. The Bertz CT molecular complexity index is 1470. The van der Waals surface area contributed by atoms with Crippen LogP contribution in [0, 0.1) is 13.8 Å². The minimum atomic E-state index is -0.439. The van der Waals surface area contributed by atoms with Crippen molar-refractivity contribution >= 4 is 11.7 Å². The first-order chi connectivity index (χ1) is 17.8. The van der Waals surface area contributed by atoms with E-state index >= 15 is 0 Å². The highest BCUT2D eigenvalue weighted by atomic mass is 16.5. The molecule has 0 bridgehead atoms. The van der Waals surface area contributed by atoms with E-state index in [-0.39, 0.29) is 18.0 Å². The summed E-state index contributed by atoms with van der Waals surface area (Å²) in [5.41, 5.74) is 3.86. The second-order valence-electron chi connectivity index (χ2n) is 8.97. The van der Waals surface area contributed by atoms with Crippen LogP contribution in [0.15, 0.2) is 77.6 Å². The van der Waals surface area contributed by atoms with Crippen LogP contribution < -0.4 is 10.3 Å². The number of aromatic amines is 1. The number of aryl methyl sites for hydroxylation is 1. The largest absolute Gasteiger partial charge is 0.497 e. The summed E-state index contributed by atoms with van der Waals surface area (Å²) in [7, 11) is 1.56. The van der Waals surface area contributed by atoms with Gasteiger partial charge in [0.2, 0.25) is 0 Å². The molecule has 0 saturated carbocycles. The predicted octanol–water partition coefficient (Wildman–Crippen LogP) is 5.19. The van der Waals surface area contributed by atoms with Gasteiger partial charge in [-0.1, -0.05) is 49.4 Å². The Hall–Kier alpha value is -4.39. The van der Waals surface area contributed by atoms with Crippen LogP contribution in [0.5, 0.6) is 5.75 Å². The van der Waals surface area contributed by atoms with Gasteiger partial charge in [0.05, 0.1) is 25.0 Å². The molecule has 190 valence electrons. The van der Waals surface area contributed by atoms with E-state index in [1.807, 2.05) is 69.3 Å². The van der Waals surface area contributed by atoms with Crippen molar-refractivity contribution in [1.82, 2.24) is 14.7 Å². The van der Waals surface area contributed by atoms with Gasteiger partial charge in [-0.25, -0.2) is 4.68 Å². The standard InChI is InChI=1S/C30H31N3O4/c1-5-18-32(29(35)23-14-16-24(37-4)17-15-23)19-26(34)27-28(22-11-7-6-8-12-22)31-33(30(27)36)25-13-9-10-20(2)21(25)3/h6-17,31H,5,18-19H2,1-4H3. The molecule has 0 fully saturated rings. The van der Waals surface area contributed by atoms with Crippen LogP contribution in [0.2, 0.25) is 0 Å². The number of Topliss-reactive ketones (excluding diaryl/α,β-unsaturated/α-hetero) is 1. The molecule has 1 N–H and O–H groups in total. The van der Waals surface area contributed by atoms with Gasteiger partial charge in [-0.05, 0) is 61.7 Å². The van der Waals surface area contributed by atoms with Crippen LogP contribution in [-0.2, 0) is 0 Å². The molecule has 0 spiro atoms. The maximum absolute atomic E-state index is 13.7. The zero-order valence-electron chi connectivity index (χ0n) is 21.6. The molecule has 37 heavy (non-hydrogen) atoms. The van der Waals surface area contributed by atoms with E-state index in [0.29, 0.717) is 35.7 Å². The number of carbonyl (C=O) groups excluding carboxylic acids is 2. The monoisotopic (exact) mass is 497 g/mol. The highest BCUT2D eigenvalue weighted by Crippen LogP contribution is 2.23. The number of carbonyl (C=O) groups is 2. The molecule has 1 aromatic heterocycles. The lowest BCUT2D eigenvalue weighted by molar-refractivity contribution is 0.0709. The summed E-state index contributed by atoms with van der Waals surface area (Å²) in [6.07, 6.45) is 0.667. The quantitative estimate of drug-likeness (QED) is 0.323. The van der Waals surface area contributed by atoms with Gasteiger partial charge < -0.3 is 9.64 Å². The summed E-state index contributed by atoms with van der Waals surface area (Å²) in [6, 6.07) is 21.8. The van der Waals surface area contributed by atoms with E-state index < -0.39 is 11.3 Å². The molecule has 4 rings (SSSR count). The molecule has 0 aliphatic rings. The number of benzene rings is 3. The number of ketones is 1. The van der Waals surface area contributed by atoms with Gasteiger partial charge >= 0.3 is 0 Å². The van der Waals surface area contributed by atoms with E-state index in [1.54, 1.807) is 31.4 Å². The number of rotatable bonds is 9. The molecule has 4 aromatic rings. The minimum absolute atomic E-state index is 0.0377. The topological polar surface area (TPSA) is 84.4 Å². The van der Waals surface area contributed by atoms with Crippen molar-refractivity contribution in [3.05, 3.63) is 105 Å². The van der Waals surface area contributed by atoms with Crippen LogP contribution in [0.3, 0.4) is 0 Å². The molecule has 0 radical (unpaired) electrons. The first kappa shape index (κ1) is 25.7. The van der Waals surface area contributed by atoms with Gasteiger partial charge in [0.1, 0.15) is 11.3 Å². The second-order valence-corrected chi connectivity index (χ2v) is 8.97. The zero-order valence-corrected chi connectivity index (χ0v) is 21.6. The van der Waals surface area contributed by atoms with Crippen molar-refractivity contribution in [3.8, 4) is 22.7 Å². The summed E-state index contributed by atoms with van der Waals surface area (Å²) in [5, 5.41) is 3.18. The van der Waals surface area contributed by atoms with Crippen LogP contribution in [-0.4, -0.2) is 46.6 Å². The van der Waals surface area contributed by atoms with Crippen molar-refractivity contribution < 1.29 is 14.3 Å². The average molecular weight is 498 g/mol. The van der Waals surface area contributed by atoms with Gasteiger partial charge in [0.15, 0.2) is 5.78 Å². The molecule has 0 saturated heterocycles. The molecule has 7 nitrogen and oxygen atoms in total. The van der Waals surface area contributed by atoms with Crippen molar-refractivity contribution in [2.24, 2.45) is 0 Å². The first-order valence-corrected chi connectivity index (χ1v) is 12.3. The number of methoxy groups -OCH3 is 1. The summed E-state index contributed by atoms with van der Waals surface area (Å²) >= 11 is 0. The SMILES string of the molecule is CCCN(CC(=O)c1c(-c2ccccc2)[nH]n(-c2cccc(C)c2C)c1=O)C(=O)c1ccc(OC)cc1. The number of nitrogens with one attached hydrogen (secondary N) is 1. The van der Waals surface area contributed by atoms with E-state index in [2.05, 4.69) is 5.10 Å². The van der Waals surface area contributed by atoms with Crippen LogP contribution in [0.4, 0.5) is 0 Å². The Kier molecular flexibility index (Phi) is 7.72. The third-order valence-electron chi connectivity index (χ3n) is 6.50. The van der Waals surface area contributed by atoms with Gasteiger partial charge in [-0.15, -0.1) is 0 Å². The molecule has 0 aliphatic heterocycles. The molecular formula is C30H31N3O4. The molecule has 7 heteroatoms. The van der Waals surface area contributed by atoms with Gasteiger partial charge in [0.25, 0.3) is 11.5 Å². The first-order valence-electron chi connectivity index (χ1n) is 12.3. The molecule has 0 atom stereocenters. The number of amides is 1. The van der Waals surface area contributed by atoms with Gasteiger partial charge in [0, 0.05) is 17.7 Å². The fraction of sp³-hybridized carbons (Fsp3) is 0.233. The van der Waals surface area contributed by atoms with Crippen LogP contribution >= 0.6 is 0 Å². The fourth-order valence-corrected chi connectivity index (χ4v) is 4.35. The lowest BCUT2D eigenvalue weighted by Gasteiger charge is -2.21. The van der Waals surface area contributed by atoms with Crippen molar-refractivity contribution in [3.63, 3.8) is 0 Å². The van der Waals surface area contributed by atoms with Crippen molar-refractivity contribution in [2.75, 3.05) is 20.2 Å². The molecule has 0 unspecified atom stereocenters. The van der Waals surface area contributed by atoms with Gasteiger partial charge in [-0.2, -0.15) is 0 Å². The number of nitrogens with zero attached hydrogens (tertiary/aromatic N) is 2. The maximum Gasteiger partial charge on any atom is 0.282 e. The fourth-order valence-electron chi connectivity index (χ4n) is 4.35. The Labute approximate surface area is 216 Å². The smallest absolute Gasteiger partial charge is 0.282 e. The van der Waals surface area contributed by atoms with E-state index in [4.69, 9.17) is 4.74 Å². The molecule has 3 aromatic carbocycles. The highest BCUT2D eigenvalue weighted by Gasteiger charge is 2.27. The van der Waals surface area contributed by atoms with E-state index in [1.165, 1.54) is 9.58 Å². The van der Waals surface area contributed by atoms with E-state index in [0.717, 1.165) is 16.7 Å². The van der Waals surface area contributed by atoms with Gasteiger partial charge in [-0.3, -0.25) is 19.5 Å². The minimum Gasteiger partial charge on any atom is -0.497 e. The molecule has 1 heterocycles. The summed E-state index contributed by atoms with van der Waals surface area (Å²) in [4.78, 5) is 42.2. The molecule has 0 aliphatic carbocycles. The number of aromatic nitrogens is 2. The average Bonchev–Trinajstić information content (AvgIpc) is 3.27. The van der Waals surface area contributed by atoms with Crippen LogP contribution in [0.1, 0.15) is 45.2 Å². The maximum atomic E-state index is 13.7. The van der Waals surface area contributed by atoms with Crippen LogP contribution in [0.25, 0.3) is 16.9 Å². The second kappa shape index (κ2) is 11.1. The third-order valence-corrected chi connectivity index (χ3v) is 6.50. The lowest BCUT2D eigenvalue weighted by Crippen LogP contribution is -2.37. The third kappa shape index (κ3) is 5.26. The van der Waals surface area contributed by atoms with Crippen molar-refractivity contribution in [2.45, 2.75) is 27.2 Å². The Balaban J connectivity index is 1.76. The zero-order chi connectivity index (χ0) is 26.5. The Morgan fingerprint density at radius 2 is 1.65 bits per heavy atom. The lowest BCUT2D eigenvalue weighted by atomic mass is 10.0. The normalized spacial score (nSPS) is 10.8. The number of hydrogen-bond donors (Lipinski definition) is 1. The van der Waals surface area contributed by atoms with E-state index in [9.17, 15) is 14.4 Å².